The van der Waals surface area contributed by atoms with Gasteiger partial charge in [-0.3, -0.25) is 10.1 Å². The number of benzene rings is 1. The summed E-state index contributed by atoms with van der Waals surface area (Å²) < 4.78 is 0. The third kappa shape index (κ3) is 2.02. The summed E-state index contributed by atoms with van der Waals surface area (Å²) in [4.78, 5) is 9.96. The third-order valence-corrected chi connectivity index (χ3v) is 2.38. The summed E-state index contributed by atoms with van der Waals surface area (Å²) in [5, 5.41) is 19.7. The maximum absolute atomic E-state index is 10.5. The molecular formula is C10H13NO3. The molecule has 0 heterocycles. The molecule has 0 unspecified atom stereocenters. The van der Waals surface area contributed by atoms with E-state index in [1.807, 2.05) is 13.8 Å². The highest BCUT2D eigenvalue weighted by molar-refractivity contribution is 5.48. The van der Waals surface area contributed by atoms with Crippen LogP contribution < -0.4 is 0 Å². The van der Waals surface area contributed by atoms with Crippen LogP contribution in [0.5, 0.6) is 5.75 Å². The number of nitro groups is 1. The molecule has 0 bridgehead atoms. The van der Waals surface area contributed by atoms with Crippen molar-refractivity contribution in [1.29, 1.82) is 0 Å². The molecule has 1 aromatic carbocycles. The number of hydrogen-bond acceptors (Lipinski definition) is 3. The lowest BCUT2D eigenvalue weighted by atomic mass is 9.98. The summed E-state index contributed by atoms with van der Waals surface area (Å²) in [6.07, 6.45) is 0.919. The fourth-order valence-electron chi connectivity index (χ4n) is 1.23. The minimum absolute atomic E-state index is 0.220. The highest BCUT2D eigenvalue weighted by Gasteiger charge is 2.15. The first-order chi connectivity index (χ1) is 6.56. The Kier molecular flexibility index (Phi) is 3.06. The van der Waals surface area contributed by atoms with E-state index in [2.05, 4.69) is 0 Å². The SMILES string of the molecule is CC[C@H](C)c1ccc(O)c([N+](=O)[O-])c1. The topological polar surface area (TPSA) is 63.4 Å². The van der Waals surface area contributed by atoms with Crippen molar-refractivity contribution >= 4 is 5.69 Å². The van der Waals surface area contributed by atoms with Gasteiger partial charge in [-0.2, -0.15) is 0 Å². The molecule has 0 aromatic heterocycles. The van der Waals surface area contributed by atoms with Gasteiger partial charge in [0.2, 0.25) is 0 Å². The quantitative estimate of drug-likeness (QED) is 0.595. The van der Waals surface area contributed by atoms with Crippen molar-refractivity contribution in [3.63, 3.8) is 0 Å². The highest BCUT2D eigenvalue weighted by Crippen LogP contribution is 2.30. The molecule has 0 radical (unpaired) electrons. The first-order valence-electron chi connectivity index (χ1n) is 4.53. The number of phenols is 1. The van der Waals surface area contributed by atoms with Crippen LogP contribution in [0.2, 0.25) is 0 Å². The average Bonchev–Trinajstić information content (AvgIpc) is 2.17. The van der Waals surface area contributed by atoms with E-state index in [1.54, 1.807) is 6.07 Å². The molecule has 0 aliphatic rings. The van der Waals surface area contributed by atoms with Gasteiger partial charge in [-0.15, -0.1) is 0 Å². The van der Waals surface area contributed by atoms with Gasteiger partial charge in [-0.05, 0) is 24.0 Å². The normalized spacial score (nSPS) is 12.4. The fraction of sp³-hybridized carbons (Fsp3) is 0.400. The van der Waals surface area contributed by atoms with Crippen LogP contribution in [0.3, 0.4) is 0 Å². The first-order valence-corrected chi connectivity index (χ1v) is 4.53. The molecule has 0 saturated carbocycles. The molecular weight excluding hydrogens is 182 g/mol. The van der Waals surface area contributed by atoms with Gasteiger partial charge in [0.25, 0.3) is 0 Å². The van der Waals surface area contributed by atoms with Crippen LogP contribution in [0, 0.1) is 10.1 Å². The zero-order chi connectivity index (χ0) is 10.7. The minimum atomic E-state index is -0.568. The molecule has 76 valence electrons. The van der Waals surface area contributed by atoms with Crippen molar-refractivity contribution in [2.45, 2.75) is 26.2 Å². The Balaban J connectivity index is 3.12. The van der Waals surface area contributed by atoms with Gasteiger partial charge >= 0.3 is 5.69 Å². The van der Waals surface area contributed by atoms with Gasteiger partial charge in [0.15, 0.2) is 5.75 Å². The highest BCUT2D eigenvalue weighted by atomic mass is 16.6. The van der Waals surface area contributed by atoms with Crippen LogP contribution in [0.15, 0.2) is 18.2 Å². The second-order valence-corrected chi connectivity index (χ2v) is 3.31. The monoisotopic (exact) mass is 195 g/mol. The van der Waals surface area contributed by atoms with Gasteiger partial charge in [-0.1, -0.05) is 19.9 Å². The molecule has 0 fully saturated rings. The molecule has 4 nitrogen and oxygen atoms in total. The van der Waals surface area contributed by atoms with E-state index in [1.165, 1.54) is 12.1 Å². The molecule has 0 aliphatic carbocycles. The van der Waals surface area contributed by atoms with E-state index in [0.29, 0.717) is 0 Å². The van der Waals surface area contributed by atoms with Crippen molar-refractivity contribution in [3.05, 3.63) is 33.9 Å². The van der Waals surface area contributed by atoms with Gasteiger partial charge in [0.1, 0.15) is 0 Å². The molecule has 14 heavy (non-hydrogen) atoms. The molecule has 0 saturated heterocycles. The lowest BCUT2D eigenvalue weighted by Crippen LogP contribution is -1.94. The molecule has 1 atom stereocenters. The lowest BCUT2D eigenvalue weighted by molar-refractivity contribution is -0.385. The Morgan fingerprint density at radius 3 is 2.71 bits per heavy atom. The zero-order valence-corrected chi connectivity index (χ0v) is 8.23. The number of nitro benzene ring substituents is 1. The minimum Gasteiger partial charge on any atom is -0.502 e. The van der Waals surface area contributed by atoms with E-state index in [4.69, 9.17) is 0 Å². The summed E-state index contributed by atoms with van der Waals surface area (Å²) in [5.74, 6) is -0.00338. The lowest BCUT2D eigenvalue weighted by Gasteiger charge is -2.08. The summed E-state index contributed by atoms with van der Waals surface area (Å²) in [6, 6.07) is 4.53. The smallest absolute Gasteiger partial charge is 0.310 e. The maximum atomic E-state index is 10.5. The Morgan fingerprint density at radius 1 is 1.57 bits per heavy atom. The first kappa shape index (κ1) is 10.5. The van der Waals surface area contributed by atoms with Gasteiger partial charge in [0, 0.05) is 6.07 Å². The summed E-state index contributed by atoms with van der Waals surface area (Å²) in [5.41, 5.74) is 0.666. The van der Waals surface area contributed by atoms with Crippen LogP contribution in [-0.2, 0) is 0 Å². The average molecular weight is 195 g/mol. The second-order valence-electron chi connectivity index (χ2n) is 3.31. The molecule has 1 aromatic rings. The molecule has 4 heteroatoms. The van der Waals surface area contributed by atoms with Crippen LogP contribution in [0.25, 0.3) is 0 Å². The van der Waals surface area contributed by atoms with Gasteiger partial charge in [-0.25, -0.2) is 0 Å². The predicted octanol–water partition coefficient (Wildman–Crippen LogP) is 2.81. The molecule has 0 aliphatic heterocycles. The van der Waals surface area contributed by atoms with Crippen LogP contribution in [0.1, 0.15) is 31.7 Å². The van der Waals surface area contributed by atoms with E-state index < -0.39 is 4.92 Å². The molecule has 0 amide bonds. The second kappa shape index (κ2) is 4.09. The van der Waals surface area contributed by atoms with E-state index in [9.17, 15) is 15.2 Å². The van der Waals surface area contributed by atoms with Gasteiger partial charge in [0.05, 0.1) is 4.92 Å². The summed E-state index contributed by atoms with van der Waals surface area (Å²) in [6.45, 7) is 4.01. The van der Waals surface area contributed by atoms with E-state index >= 15 is 0 Å². The molecule has 0 spiro atoms. The predicted molar refractivity (Wildman–Crippen MR) is 53.5 cm³/mol. The van der Waals surface area contributed by atoms with Crippen LogP contribution >= 0.6 is 0 Å². The number of hydrogen-bond donors (Lipinski definition) is 1. The Bertz CT molecular complexity index is 349. The summed E-state index contributed by atoms with van der Waals surface area (Å²) in [7, 11) is 0. The van der Waals surface area contributed by atoms with Crippen molar-refractivity contribution in [2.75, 3.05) is 0 Å². The fourth-order valence-corrected chi connectivity index (χ4v) is 1.23. The van der Waals surface area contributed by atoms with Crippen LogP contribution in [0.4, 0.5) is 5.69 Å². The third-order valence-electron chi connectivity index (χ3n) is 2.38. The Labute approximate surface area is 82.3 Å². The summed E-state index contributed by atoms with van der Waals surface area (Å²) >= 11 is 0. The van der Waals surface area contributed by atoms with Crippen LogP contribution in [-0.4, -0.2) is 10.0 Å². The zero-order valence-electron chi connectivity index (χ0n) is 8.23. The Hall–Kier alpha value is -1.58. The number of aromatic hydroxyl groups is 1. The number of phenolic OH excluding ortho intramolecular Hbond substituents is 1. The maximum Gasteiger partial charge on any atom is 0.310 e. The largest absolute Gasteiger partial charge is 0.502 e. The van der Waals surface area contributed by atoms with Crippen molar-refractivity contribution in [2.24, 2.45) is 0 Å². The molecule has 1 rings (SSSR count). The Morgan fingerprint density at radius 2 is 2.21 bits per heavy atom. The van der Waals surface area contributed by atoms with Crippen molar-refractivity contribution < 1.29 is 10.0 Å². The van der Waals surface area contributed by atoms with Crippen molar-refractivity contribution in [1.82, 2.24) is 0 Å². The number of rotatable bonds is 3. The van der Waals surface area contributed by atoms with E-state index in [0.717, 1.165) is 12.0 Å². The van der Waals surface area contributed by atoms with Crippen molar-refractivity contribution in [3.8, 4) is 5.75 Å². The number of nitrogens with zero attached hydrogens (tertiary/aromatic N) is 1. The molecule has 1 N–H and O–H groups in total. The standard InChI is InChI=1S/C10H13NO3/c1-3-7(2)8-4-5-10(12)9(6-8)11(13)14/h4-7,12H,3H2,1-2H3/t7-/m0/s1. The van der Waals surface area contributed by atoms with Gasteiger partial charge < -0.3 is 5.11 Å². The van der Waals surface area contributed by atoms with E-state index in [-0.39, 0.29) is 17.4 Å².